The lowest BCUT2D eigenvalue weighted by atomic mass is 10.1. The number of rotatable bonds is 5. The summed E-state index contributed by atoms with van der Waals surface area (Å²) in [6.45, 7) is 1.56. The second-order valence-electron chi connectivity index (χ2n) is 5.56. The maximum atomic E-state index is 12.2. The highest BCUT2D eigenvalue weighted by molar-refractivity contribution is 7.91. The molecule has 3 aromatic rings. The number of aromatic nitrogens is 2. The minimum absolute atomic E-state index is 0.0258. The van der Waals surface area contributed by atoms with Gasteiger partial charge in [-0.1, -0.05) is 37.3 Å². The van der Waals surface area contributed by atoms with Crippen molar-refractivity contribution < 1.29 is 13.2 Å². The van der Waals surface area contributed by atoms with Gasteiger partial charge in [0, 0.05) is 16.8 Å². The van der Waals surface area contributed by atoms with E-state index in [0.29, 0.717) is 16.9 Å². The van der Waals surface area contributed by atoms with Crippen LogP contribution in [0.15, 0.2) is 71.8 Å². The summed E-state index contributed by atoms with van der Waals surface area (Å²) in [6.07, 6.45) is 0. The van der Waals surface area contributed by atoms with E-state index in [2.05, 4.69) is 15.5 Å². The summed E-state index contributed by atoms with van der Waals surface area (Å²) >= 11 is 0. The van der Waals surface area contributed by atoms with Crippen molar-refractivity contribution in [3.63, 3.8) is 0 Å². The van der Waals surface area contributed by atoms with Crippen LogP contribution in [0, 0.1) is 0 Å². The van der Waals surface area contributed by atoms with E-state index in [-0.39, 0.29) is 16.7 Å². The molecule has 6 nitrogen and oxygen atoms in total. The zero-order valence-electron chi connectivity index (χ0n) is 14.1. The van der Waals surface area contributed by atoms with Crippen LogP contribution < -0.4 is 5.32 Å². The normalized spacial score (nSPS) is 11.1. The van der Waals surface area contributed by atoms with E-state index in [9.17, 15) is 13.2 Å². The first-order chi connectivity index (χ1) is 12.5. The first-order valence-corrected chi connectivity index (χ1v) is 9.68. The van der Waals surface area contributed by atoms with Crippen molar-refractivity contribution in [3.05, 3.63) is 72.3 Å². The molecule has 0 aliphatic rings. The number of hydrogen-bond acceptors (Lipinski definition) is 5. The average molecular weight is 367 g/mol. The van der Waals surface area contributed by atoms with E-state index in [1.165, 1.54) is 6.07 Å². The molecule has 132 valence electrons. The van der Waals surface area contributed by atoms with E-state index in [0.717, 1.165) is 5.56 Å². The third-order valence-electron chi connectivity index (χ3n) is 3.79. The molecule has 3 rings (SSSR count). The molecule has 0 fully saturated rings. The Morgan fingerprint density at radius 1 is 0.962 bits per heavy atom. The summed E-state index contributed by atoms with van der Waals surface area (Å²) in [5.74, 6) is -0.236. The second-order valence-corrected chi connectivity index (χ2v) is 7.79. The van der Waals surface area contributed by atoms with Crippen LogP contribution in [0.4, 0.5) is 5.69 Å². The topological polar surface area (TPSA) is 89.0 Å². The zero-order chi connectivity index (χ0) is 18.6. The quantitative estimate of drug-likeness (QED) is 0.748. The Bertz CT molecular complexity index is 1020. The highest BCUT2D eigenvalue weighted by atomic mass is 32.2. The number of carbonyl (C=O) groups is 1. The lowest BCUT2D eigenvalue weighted by molar-refractivity contribution is 0.102. The number of carbonyl (C=O) groups excluding carboxylic acids is 1. The number of anilines is 1. The molecule has 0 saturated heterocycles. The second kappa shape index (κ2) is 7.45. The van der Waals surface area contributed by atoms with Crippen molar-refractivity contribution in [1.82, 2.24) is 10.2 Å². The van der Waals surface area contributed by atoms with Gasteiger partial charge in [-0.2, -0.15) is 0 Å². The number of nitrogens with one attached hydrogen (secondary N) is 1. The molecule has 26 heavy (non-hydrogen) atoms. The van der Waals surface area contributed by atoms with Crippen LogP contribution in [0.1, 0.15) is 17.3 Å². The van der Waals surface area contributed by atoms with Gasteiger partial charge in [0.25, 0.3) is 5.91 Å². The summed E-state index contributed by atoms with van der Waals surface area (Å²) in [5.41, 5.74) is 2.43. The third-order valence-corrected chi connectivity index (χ3v) is 5.41. The van der Waals surface area contributed by atoms with Crippen LogP contribution in [0.25, 0.3) is 11.3 Å². The molecule has 1 aromatic heterocycles. The lowest BCUT2D eigenvalue weighted by Gasteiger charge is -2.07. The maximum absolute atomic E-state index is 12.2. The molecule has 0 spiro atoms. The molecule has 1 heterocycles. The van der Waals surface area contributed by atoms with E-state index in [1.807, 2.05) is 12.1 Å². The minimum Gasteiger partial charge on any atom is -0.322 e. The Morgan fingerprint density at radius 2 is 1.73 bits per heavy atom. The van der Waals surface area contributed by atoms with Gasteiger partial charge >= 0.3 is 0 Å². The summed E-state index contributed by atoms with van der Waals surface area (Å²) in [5, 5.41) is 10.6. The fraction of sp³-hybridized carbons (Fsp3) is 0.105. The standard InChI is InChI=1S/C19H17N3O3S/c1-2-26(24,25)18-12-11-17(21-22-18)15-9-6-10-16(13-15)20-19(23)14-7-4-3-5-8-14/h3-13H,2H2,1H3,(H,20,23). The van der Waals surface area contributed by atoms with Crippen molar-refractivity contribution in [2.45, 2.75) is 11.9 Å². The van der Waals surface area contributed by atoms with Crippen molar-refractivity contribution in [3.8, 4) is 11.3 Å². The van der Waals surface area contributed by atoms with Gasteiger partial charge in [-0.25, -0.2) is 8.42 Å². The summed E-state index contributed by atoms with van der Waals surface area (Å²) in [7, 11) is -3.38. The highest BCUT2D eigenvalue weighted by Crippen LogP contribution is 2.21. The largest absolute Gasteiger partial charge is 0.322 e. The molecule has 0 unspecified atom stereocenters. The Morgan fingerprint density at radius 3 is 2.38 bits per heavy atom. The maximum Gasteiger partial charge on any atom is 0.255 e. The first kappa shape index (κ1) is 17.8. The van der Waals surface area contributed by atoms with Crippen LogP contribution in [0.5, 0.6) is 0 Å². The van der Waals surface area contributed by atoms with E-state index in [1.54, 1.807) is 55.5 Å². The Balaban J connectivity index is 1.82. The molecule has 0 aliphatic heterocycles. The predicted molar refractivity (Wildman–Crippen MR) is 99.6 cm³/mol. The molecule has 0 aliphatic carbocycles. The number of sulfone groups is 1. The number of nitrogens with zero attached hydrogens (tertiary/aromatic N) is 2. The minimum atomic E-state index is -3.38. The van der Waals surface area contributed by atoms with Crippen LogP contribution in [-0.2, 0) is 9.84 Å². The molecular weight excluding hydrogens is 350 g/mol. The van der Waals surface area contributed by atoms with Crippen LogP contribution in [0.2, 0.25) is 0 Å². The molecule has 0 atom stereocenters. The third kappa shape index (κ3) is 3.94. The van der Waals surface area contributed by atoms with Gasteiger partial charge in [-0.3, -0.25) is 4.79 Å². The van der Waals surface area contributed by atoms with Crippen molar-refractivity contribution in [2.75, 3.05) is 11.1 Å². The van der Waals surface area contributed by atoms with Gasteiger partial charge in [0.2, 0.25) is 0 Å². The molecule has 2 aromatic carbocycles. The predicted octanol–water partition coefficient (Wildman–Crippen LogP) is 3.19. The molecule has 0 radical (unpaired) electrons. The van der Waals surface area contributed by atoms with Gasteiger partial charge in [-0.05, 0) is 36.4 Å². The van der Waals surface area contributed by atoms with Crippen molar-refractivity contribution >= 4 is 21.4 Å². The number of amides is 1. The highest BCUT2D eigenvalue weighted by Gasteiger charge is 2.14. The smallest absolute Gasteiger partial charge is 0.255 e. The zero-order valence-corrected chi connectivity index (χ0v) is 14.9. The lowest BCUT2D eigenvalue weighted by Crippen LogP contribution is -2.11. The fourth-order valence-corrected chi connectivity index (χ4v) is 3.07. The van der Waals surface area contributed by atoms with Gasteiger partial charge < -0.3 is 5.32 Å². The van der Waals surface area contributed by atoms with Crippen LogP contribution >= 0.6 is 0 Å². The Kier molecular flexibility index (Phi) is 5.09. The number of hydrogen-bond donors (Lipinski definition) is 1. The molecule has 0 bridgehead atoms. The van der Waals surface area contributed by atoms with E-state index >= 15 is 0 Å². The van der Waals surface area contributed by atoms with Gasteiger partial charge in [0.05, 0.1) is 11.4 Å². The van der Waals surface area contributed by atoms with Crippen LogP contribution in [-0.4, -0.2) is 30.3 Å². The summed E-state index contributed by atoms with van der Waals surface area (Å²) in [4.78, 5) is 12.2. The first-order valence-electron chi connectivity index (χ1n) is 8.03. The summed E-state index contributed by atoms with van der Waals surface area (Å²) < 4.78 is 23.6. The molecule has 0 saturated carbocycles. The number of benzene rings is 2. The average Bonchev–Trinajstić information content (AvgIpc) is 2.69. The molecular formula is C19H17N3O3S. The van der Waals surface area contributed by atoms with Crippen molar-refractivity contribution in [2.24, 2.45) is 0 Å². The Labute approximate surface area is 151 Å². The molecule has 7 heteroatoms. The van der Waals surface area contributed by atoms with Crippen molar-refractivity contribution in [1.29, 1.82) is 0 Å². The molecule has 1 N–H and O–H groups in total. The van der Waals surface area contributed by atoms with Gasteiger partial charge in [-0.15, -0.1) is 10.2 Å². The fourth-order valence-electron chi connectivity index (χ4n) is 2.34. The van der Waals surface area contributed by atoms with Gasteiger partial charge in [0.1, 0.15) is 0 Å². The SMILES string of the molecule is CCS(=O)(=O)c1ccc(-c2cccc(NC(=O)c3ccccc3)c2)nn1. The van der Waals surface area contributed by atoms with E-state index in [4.69, 9.17) is 0 Å². The monoisotopic (exact) mass is 367 g/mol. The van der Waals surface area contributed by atoms with Crippen LogP contribution in [0.3, 0.4) is 0 Å². The van der Waals surface area contributed by atoms with Gasteiger partial charge in [0.15, 0.2) is 14.9 Å². The Hall–Kier alpha value is -3.06. The van der Waals surface area contributed by atoms with E-state index < -0.39 is 9.84 Å². The summed E-state index contributed by atoms with van der Waals surface area (Å²) in [6, 6.07) is 19.1. The molecule has 1 amide bonds.